The molecule has 0 aliphatic rings. The van der Waals surface area contributed by atoms with E-state index in [0.29, 0.717) is 6.54 Å². The van der Waals surface area contributed by atoms with Gasteiger partial charge >= 0.3 is 0 Å². The van der Waals surface area contributed by atoms with Gasteiger partial charge in [0.15, 0.2) is 0 Å². The fourth-order valence-corrected chi connectivity index (χ4v) is 4.12. The Morgan fingerprint density at radius 3 is 2.77 bits per heavy atom. The summed E-state index contributed by atoms with van der Waals surface area (Å²) in [6.07, 6.45) is 0. The first-order chi connectivity index (χ1) is 10.6. The van der Waals surface area contributed by atoms with Gasteiger partial charge in [-0.3, -0.25) is 0 Å². The predicted molar refractivity (Wildman–Crippen MR) is 92.2 cm³/mol. The molecule has 1 aromatic carbocycles. The summed E-state index contributed by atoms with van der Waals surface area (Å²) in [5.41, 5.74) is 6.79. The second kappa shape index (κ2) is 8.21. The molecular formula is C14H17N3O2S3. The fraction of sp³-hybridized carbons (Fsp3) is 0.214. The highest BCUT2D eigenvalue weighted by Gasteiger charge is 2.10. The predicted octanol–water partition coefficient (Wildman–Crippen LogP) is 2.20. The number of hydrogen-bond acceptors (Lipinski definition) is 7. The Bertz CT molecular complexity index is 698. The molecule has 0 unspecified atom stereocenters. The van der Waals surface area contributed by atoms with Gasteiger partial charge in [-0.2, -0.15) is 16.1 Å². The van der Waals surface area contributed by atoms with Gasteiger partial charge in [0.2, 0.25) is 9.84 Å². The van der Waals surface area contributed by atoms with Crippen molar-refractivity contribution in [3.8, 4) is 0 Å². The van der Waals surface area contributed by atoms with E-state index in [9.17, 15) is 8.42 Å². The van der Waals surface area contributed by atoms with E-state index in [1.807, 2.05) is 11.4 Å². The minimum absolute atomic E-state index is 0.151. The summed E-state index contributed by atoms with van der Waals surface area (Å²) < 4.78 is 28.4. The molecule has 5 nitrogen and oxygen atoms in total. The maximum Gasteiger partial charge on any atom is 0.203 e. The molecule has 0 saturated heterocycles. The Kier molecular flexibility index (Phi) is 6.29. The van der Waals surface area contributed by atoms with E-state index in [2.05, 4.69) is 9.69 Å². The van der Waals surface area contributed by atoms with Gasteiger partial charge in [-0.1, -0.05) is 18.2 Å². The number of nitrogens with two attached hydrogens (primary N) is 1. The highest BCUT2D eigenvalue weighted by atomic mass is 32.2. The van der Waals surface area contributed by atoms with Crippen LogP contribution in [0.5, 0.6) is 0 Å². The highest BCUT2D eigenvalue weighted by molar-refractivity contribution is 7.98. The zero-order chi connectivity index (χ0) is 15.8. The molecule has 0 amide bonds. The van der Waals surface area contributed by atoms with Crippen molar-refractivity contribution in [2.24, 2.45) is 5.73 Å². The molecule has 1 heterocycles. The number of nitrogens with zero attached hydrogens (tertiary/aromatic N) is 1. The number of benzene rings is 1. The van der Waals surface area contributed by atoms with Crippen molar-refractivity contribution in [1.82, 2.24) is 9.69 Å². The topological polar surface area (TPSA) is 85.1 Å². The summed E-state index contributed by atoms with van der Waals surface area (Å²) >= 11 is 3.15. The van der Waals surface area contributed by atoms with Crippen molar-refractivity contribution in [2.45, 2.75) is 10.6 Å². The van der Waals surface area contributed by atoms with Gasteiger partial charge in [-0.25, -0.2) is 8.42 Å². The third-order valence-electron chi connectivity index (χ3n) is 2.67. The molecule has 0 aliphatic carbocycles. The summed E-state index contributed by atoms with van der Waals surface area (Å²) in [4.78, 5) is 0.234. The minimum Gasteiger partial charge on any atom is -0.385 e. The third kappa shape index (κ3) is 5.36. The maximum absolute atomic E-state index is 12.1. The van der Waals surface area contributed by atoms with Crippen molar-refractivity contribution in [1.29, 1.82) is 0 Å². The molecule has 0 saturated carbocycles. The maximum atomic E-state index is 12.1. The number of rotatable bonds is 8. The summed E-state index contributed by atoms with van der Waals surface area (Å²) in [7, 11) is -3.50. The van der Waals surface area contributed by atoms with E-state index < -0.39 is 9.84 Å². The third-order valence-corrected chi connectivity index (χ3v) is 5.75. The Labute approximate surface area is 138 Å². The molecular weight excluding hydrogens is 338 g/mol. The van der Waals surface area contributed by atoms with E-state index in [1.165, 1.54) is 11.5 Å². The Balaban J connectivity index is 1.78. The summed E-state index contributed by atoms with van der Waals surface area (Å²) in [6.45, 7) is 0.599. The molecule has 8 heteroatoms. The van der Waals surface area contributed by atoms with E-state index in [-0.39, 0.29) is 10.7 Å². The standard InChI is InChI=1S/C14H17N3O2S3/c15-14(11-22(18,19)13-4-2-1-3-5-13)16-7-9-20-10-12-6-8-21-17-12/h1-6,8,11,16H,7,9-10,15H2/b14-11-. The Hall–Kier alpha value is -1.51. The molecule has 118 valence electrons. The SMILES string of the molecule is N/C(=C/S(=O)(=O)c1ccccc1)NCCSCc1ccsn1. The lowest BCUT2D eigenvalue weighted by Crippen LogP contribution is -2.23. The summed E-state index contributed by atoms with van der Waals surface area (Å²) in [5.74, 6) is 1.81. The molecule has 2 aromatic rings. The van der Waals surface area contributed by atoms with Gasteiger partial charge in [0.25, 0.3) is 0 Å². The first-order valence-electron chi connectivity index (χ1n) is 6.56. The zero-order valence-electron chi connectivity index (χ0n) is 11.8. The lowest BCUT2D eigenvalue weighted by Gasteiger charge is -2.06. The van der Waals surface area contributed by atoms with Crippen LogP contribution in [0.1, 0.15) is 5.69 Å². The van der Waals surface area contributed by atoms with E-state index in [1.54, 1.807) is 42.1 Å². The molecule has 0 spiro atoms. The largest absolute Gasteiger partial charge is 0.385 e. The van der Waals surface area contributed by atoms with Crippen LogP contribution in [0.3, 0.4) is 0 Å². The average molecular weight is 356 g/mol. The van der Waals surface area contributed by atoms with Gasteiger partial charge in [-0.15, -0.1) is 0 Å². The first kappa shape index (κ1) is 16.9. The molecule has 1 aromatic heterocycles. The van der Waals surface area contributed by atoms with Crippen molar-refractivity contribution in [3.05, 3.63) is 58.7 Å². The van der Waals surface area contributed by atoms with Crippen molar-refractivity contribution in [3.63, 3.8) is 0 Å². The van der Waals surface area contributed by atoms with Crippen molar-refractivity contribution >= 4 is 33.1 Å². The van der Waals surface area contributed by atoms with Gasteiger partial charge in [0.1, 0.15) is 5.82 Å². The Morgan fingerprint density at radius 2 is 2.09 bits per heavy atom. The van der Waals surface area contributed by atoms with E-state index in [0.717, 1.165) is 22.6 Å². The van der Waals surface area contributed by atoms with E-state index >= 15 is 0 Å². The van der Waals surface area contributed by atoms with Crippen LogP contribution in [-0.4, -0.2) is 25.1 Å². The van der Waals surface area contributed by atoms with E-state index in [4.69, 9.17) is 5.73 Å². The van der Waals surface area contributed by atoms with Crippen molar-refractivity contribution < 1.29 is 8.42 Å². The molecule has 0 radical (unpaired) electrons. The lowest BCUT2D eigenvalue weighted by molar-refractivity contribution is 0.604. The van der Waals surface area contributed by atoms with Gasteiger partial charge in [0.05, 0.1) is 16.0 Å². The molecule has 3 N–H and O–H groups in total. The van der Waals surface area contributed by atoms with Gasteiger partial charge in [-0.05, 0) is 29.7 Å². The lowest BCUT2D eigenvalue weighted by atomic mass is 10.4. The first-order valence-corrected chi connectivity index (χ1v) is 10.1. The monoisotopic (exact) mass is 355 g/mol. The second-order valence-corrected chi connectivity index (χ2v) is 7.97. The number of nitrogens with one attached hydrogen (secondary N) is 1. The number of thioether (sulfide) groups is 1. The highest BCUT2D eigenvalue weighted by Crippen LogP contribution is 2.12. The molecule has 0 aliphatic heterocycles. The summed E-state index contributed by atoms with van der Waals surface area (Å²) in [6, 6.07) is 10.2. The number of aromatic nitrogens is 1. The van der Waals surface area contributed by atoms with Crippen LogP contribution in [0.25, 0.3) is 0 Å². The average Bonchev–Trinajstić information content (AvgIpc) is 3.00. The minimum atomic E-state index is -3.50. The number of sulfone groups is 1. The summed E-state index contributed by atoms with van der Waals surface area (Å²) in [5, 5.41) is 5.92. The second-order valence-electron chi connectivity index (χ2n) is 4.40. The smallest absolute Gasteiger partial charge is 0.203 e. The van der Waals surface area contributed by atoms with Crippen molar-refractivity contribution in [2.75, 3.05) is 12.3 Å². The molecule has 22 heavy (non-hydrogen) atoms. The molecule has 2 rings (SSSR count). The van der Waals surface area contributed by atoms with Crippen LogP contribution >= 0.6 is 23.3 Å². The quantitative estimate of drug-likeness (QED) is 0.706. The fourth-order valence-electron chi connectivity index (χ4n) is 1.64. The molecule has 0 atom stereocenters. The van der Waals surface area contributed by atoms with Crippen LogP contribution in [-0.2, 0) is 15.6 Å². The van der Waals surface area contributed by atoms with Gasteiger partial charge in [0, 0.05) is 23.4 Å². The molecule has 0 fully saturated rings. The van der Waals surface area contributed by atoms with Crippen LogP contribution < -0.4 is 11.1 Å². The normalized spacial score (nSPS) is 12.3. The number of hydrogen-bond donors (Lipinski definition) is 2. The zero-order valence-corrected chi connectivity index (χ0v) is 14.3. The van der Waals surface area contributed by atoms with Crippen LogP contribution in [0, 0.1) is 0 Å². The van der Waals surface area contributed by atoms with Crippen LogP contribution in [0.2, 0.25) is 0 Å². The van der Waals surface area contributed by atoms with Crippen LogP contribution in [0.15, 0.2) is 57.9 Å². The van der Waals surface area contributed by atoms with Crippen LogP contribution in [0.4, 0.5) is 0 Å². The van der Waals surface area contributed by atoms with Gasteiger partial charge < -0.3 is 11.1 Å². The molecule has 0 bridgehead atoms. The Morgan fingerprint density at radius 1 is 1.32 bits per heavy atom.